The number of pyridine rings is 1. The first kappa shape index (κ1) is 31.6. The standard InChI is InChI=1S/C29H28ClF6N3O3/c1-27(2,16-8-17(28(31,32)33)10-18(9-16)29(34,35)36)26(42)38(3)24-13-37-25(39-14-19(40)11-20(41)15-39)12-22(24)21-6-4-5-7-23(21)30/h4-10,12-13,19-20,40-41H,11,14-15H2,1-3H3/t19-,20+. The van der Waals surface area contributed by atoms with Gasteiger partial charge in [0.1, 0.15) is 5.82 Å². The Hall–Kier alpha value is -3.35. The van der Waals surface area contributed by atoms with Crippen LogP contribution < -0.4 is 9.80 Å². The van der Waals surface area contributed by atoms with Crippen LogP contribution in [-0.2, 0) is 22.6 Å². The number of β-amino-alcohol motifs (C(OH)–C–C–N with tert-alkyl or cyclic N) is 2. The number of nitrogens with zero attached hydrogens (tertiary/aromatic N) is 3. The van der Waals surface area contributed by atoms with Crippen molar-refractivity contribution in [3.8, 4) is 11.1 Å². The van der Waals surface area contributed by atoms with Crippen LogP contribution in [0, 0.1) is 0 Å². The van der Waals surface area contributed by atoms with E-state index in [1.54, 1.807) is 35.2 Å². The van der Waals surface area contributed by atoms with Crippen LogP contribution in [0.1, 0.15) is 37.0 Å². The molecule has 2 atom stereocenters. The highest BCUT2D eigenvalue weighted by atomic mass is 35.5. The Kier molecular flexibility index (Phi) is 8.56. The van der Waals surface area contributed by atoms with Crippen molar-refractivity contribution in [3.63, 3.8) is 0 Å². The van der Waals surface area contributed by atoms with Crippen LogP contribution in [0.3, 0.4) is 0 Å². The van der Waals surface area contributed by atoms with E-state index in [0.717, 1.165) is 4.90 Å². The van der Waals surface area contributed by atoms with Gasteiger partial charge in [-0.05, 0) is 49.7 Å². The molecule has 0 spiro atoms. The predicted molar refractivity (Wildman–Crippen MR) is 146 cm³/mol. The molecule has 0 radical (unpaired) electrons. The van der Waals surface area contributed by atoms with Gasteiger partial charge in [0, 0.05) is 42.7 Å². The van der Waals surface area contributed by atoms with E-state index in [-0.39, 0.29) is 31.3 Å². The van der Waals surface area contributed by atoms with Crippen molar-refractivity contribution in [2.45, 2.75) is 50.2 Å². The third-order valence-electron chi connectivity index (χ3n) is 7.27. The van der Waals surface area contributed by atoms with Crippen molar-refractivity contribution in [1.29, 1.82) is 0 Å². The minimum Gasteiger partial charge on any atom is -0.391 e. The second kappa shape index (κ2) is 11.4. The van der Waals surface area contributed by atoms with Gasteiger partial charge in [-0.1, -0.05) is 29.8 Å². The van der Waals surface area contributed by atoms with Crippen molar-refractivity contribution < 1.29 is 41.4 Å². The van der Waals surface area contributed by atoms with E-state index >= 15 is 0 Å². The van der Waals surface area contributed by atoms with Crippen LogP contribution in [0.25, 0.3) is 11.1 Å². The molecule has 1 aliphatic rings. The van der Waals surface area contributed by atoms with Gasteiger partial charge in [-0.3, -0.25) is 4.79 Å². The molecule has 0 bridgehead atoms. The number of carbonyl (C=O) groups excluding carboxylic acids is 1. The molecule has 0 unspecified atom stereocenters. The molecule has 2 heterocycles. The van der Waals surface area contributed by atoms with Gasteiger partial charge in [-0.2, -0.15) is 26.3 Å². The number of aliphatic hydroxyl groups excluding tert-OH is 2. The van der Waals surface area contributed by atoms with E-state index in [1.165, 1.54) is 27.1 Å². The summed E-state index contributed by atoms with van der Waals surface area (Å²) in [6, 6.07) is 9.39. The fourth-order valence-electron chi connectivity index (χ4n) is 4.97. The number of anilines is 2. The molecule has 4 rings (SSSR count). The van der Waals surface area contributed by atoms with Crippen LogP contribution in [0.15, 0.2) is 54.7 Å². The zero-order valence-electron chi connectivity index (χ0n) is 22.8. The summed E-state index contributed by atoms with van der Waals surface area (Å²) in [4.78, 5) is 21.0. The van der Waals surface area contributed by atoms with Crippen LogP contribution in [0.4, 0.5) is 37.8 Å². The molecule has 0 saturated carbocycles. The monoisotopic (exact) mass is 615 g/mol. The second-order valence-electron chi connectivity index (χ2n) is 10.8. The SMILES string of the molecule is CN(C(=O)C(C)(C)c1cc(C(F)(F)F)cc(C(F)(F)F)c1)c1cnc(N2C[C@H](O)C[C@H](O)C2)cc1-c1ccccc1Cl. The highest BCUT2D eigenvalue weighted by molar-refractivity contribution is 6.33. The number of rotatable bonds is 5. The van der Waals surface area contributed by atoms with Crippen molar-refractivity contribution in [2.75, 3.05) is 29.9 Å². The number of carbonyl (C=O) groups is 1. The van der Waals surface area contributed by atoms with Crippen LogP contribution in [0.5, 0.6) is 0 Å². The molecule has 3 aromatic rings. The average molecular weight is 616 g/mol. The number of benzene rings is 2. The quantitative estimate of drug-likeness (QED) is 0.329. The maximum Gasteiger partial charge on any atom is 0.416 e. The lowest BCUT2D eigenvalue weighted by atomic mass is 9.81. The Balaban J connectivity index is 1.81. The van der Waals surface area contributed by atoms with Gasteiger partial charge < -0.3 is 20.0 Å². The third-order valence-corrected chi connectivity index (χ3v) is 7.60. The highest BCUT2D eigenvalue weighted by Crippen LogP contribution is 2.42. The first-order chi connectivity index (χ1) is 19.4. The summed E-state index contributed by atoms with van der Waals surface area (Å²) in [6.07, 6.45) is -10.2. The second-order valence-corrected chi connectivity index (χ2v) is 11.2. The number of hydrogen-bond acceptors (Lipinski definition) is 5. The molecule has 1 aromatic heterocycles. The van der Waals surface area contributed by atoms with Gasteiger partial charge in [0.25, 0.3) is 0 Å². The molecular weight excluding hydrogens is 588 g/mol. The topological polar surface area (TPSA) is 76.9 Å². The number of halogens is 7. The van der Waals surface area contributed by atoms with Crippen LogP contribution in [-0.4, -0.2) is 53.4 Å². The van der Waals surface area contributed by atoms with Gasteiger partial charge in [0.05, 0.1) is 40.6 Å². The lowest BCUT2D eigenvalue weighted by molar-refractivity contribution is -0.143. The Morgan fingerprint density at radius 1 is 0.905 bits per heavy atom. The number of aliphatic hydroxyl groups is 2. The zero-order chi connectivity index (χ0) is 31.2. The van der Waals surface area contributed by atoms with Gasteiger partial charge in [-0.25, -0.2) is 4.98 Å². The Bertz CT molecular complexity index is 1440. The minimum atomic E-state index is -5.08. The summed E-state index contributed by atoms with van der Waals surface area (Å²) in [5, 5.41) is 20.6. The molecule has 42 heavy (non-hydrogen) atoms. The van der Waals surface area contributed by atoms with Gasteiger partial charge >= 0.3 is 12.4 Å². The van der Waals surface area contributed by atoms with E-state index in [9.17, 15) is 41.4 Å². The number of amides is 1. The first-order valence-electron chi connectivity index (χ1n) is 12.8. The van der Waals surface area contributed by atoms with Gasteiger partial charge in [0.15, 0.2) is 0 Å². The molecule has 1 amide bonds. The van der Waals surface area contributed by atoms with E-state index in [4.69, 9.17) is 11.6 Å². The Morgan fingerprint density at radius 2 is 1.43 bits per heavy atom. The molecule has 226 valence electrons. The maximum atomic E-state index is 13.9. The fraction of sp³-hybridized carbons (Fsp3) is 0.379. The predicted octanol–water partition coefficient (Wildman–Crippen LogP) is 6.31. The Labute approximate surface area is 243 Å². The Morgan fingerprint density at radius 3 is 1.95 bits per heavy atom. The highest BCUT2D eigenvalue weighted by Gasteiger charge is 2.41. The molecular formula is C29H28ClF6N3O3. The number of hydrogen-bond donors (Lipinski definition) is 2. The van der Waals surface area contributed by atoms with E-state index < -0.39 is 52.6 Å². The smallest absolute Gasteiger partial charge is 0.391 e. The van der Waals surface area contributed by atoms with Crippen molar-refractivity contribution in [1.82, 2.24) is 4.98 Å². The molecule has 1 fully saturated rings. The molecule has 0 aliphatic carbocycles. The average Bonchev–Trinajstić information content (AvgIpc) is 2.90. The van der Waals surface area contributed by atoms with Gasteiger partial charge in [-0.15, -0.1) is 0 Å². The summed E-state index contributed by atoms with van der Waals surface area (Å²) >= 11 is 6.47. The number of alkyl halides is 6. The number of aromatic nitrogens is 1. The largest absolute Gasteiger partial charge is 0.416 e. The fourth-order valence-corrected chi connectivity index (χ4v) is 5.21. The normalized spacial score (nSPS) is 18.2. The van der Waals surface area contributed by atoms with E-state index in [2.05, 4.69) is 4.98 Å². The summed E-state index contributed by atoms with van der Waals surface area (Å²) in [6.45, 7) is 2.86. The van der Waals surface area contributed by atoms with Crippen molar-refractivity contribution in [2.24, 2.45) is 0 Å². The molecule has 13 heteroatoms. The zero-order valence-corrected chi connectivity index (χ0v) is 23.5. The first-order valence-corrected chi connectivity index (χ1v) is 13.2. The molecule has 1 aliphatic heterocycles. The van der Waals surface area contributed by atoms with E-state index in [0.29, 0.717) is 34.1 Å². The summed E-state index contributed by atoms with van der Waals surface area (Å²) < 4.78 is 81.3. The van der Waals surface area contributed by atoms with Gasteiger partial charge in [0.2, 0.25) is 5.91 Å². The lowest BCUT2D eigenvalue weighted by Crippen LogP contribution is -2.46. The molecule has 2 N–H and O–H groups in total. The third kappa shape index (κ3) is 6.50. The summed E-state index contributed by atoms with van der Waals surface area (Å²) in [5.74, 6) is -0.444. The summed E-state index contributed by atoms with van der Waals surface area (Å²) in [5.41, 5.74) is -4.30. The molecule has 6 nitrogen and oxygen atoms in total. The number of piperidine rings is 1. The maximum absolute atomic E-state index is 13.9. The van der Waals surface area contributed by atoms with Crippen LogP contribution in [0.2, 0.25) is 5.02 Å². The minimum absolute atomic E-state index is 0.0143. The number of likely N-dealkylation sites (N-methyl/N-ethyl adjacent to an activating group) is 1. The molecule has 2 aromatic carbocycles. The van der Waals surface area contributed by atoms with Crippen molar-refractivity contribution >= 4 is 29.0 Å². The van der Waals surface area contributed by atoms with Crippen LogP contribution >= 0.6 is 11.6 Å². The molecule has 1 saturated heterocycles. The van der Waals surface area contributed by atoms with Crippen molar-refractivity contribution in [3.05, 3.63) is 76.4 Å². The van der Waals surface area contributed by atoms with E-state index in [1.807, 2.05) is 0 Å². The summed E-state index contributed by atoms with van der Waals surface area (Å²) in [7, 11) is 1.34. The lowest BCUT2D eigenvalue weighted by Gasteiger charge is -2.35.